The smallest absolute Gasteiger partial charge is 0.131 e. The van der Waals surface area contributed by atoms with Crippen LogP contribution in [-0.4, -0.2) is 24.6 Å². The van der Waals surface area contributed by atoms with E-state index in [1.54, 1.807) is 0 Å². The zero-order valence-corrected chi connectivity index (χ0v) is 12.6. The van der Waals surface area contributed by atoms with Gasteiger partial charge in [-0.3, -0.25) is 0 Å². The van der Waals surface area contributed by atoms with Gasteiger partial charge in [-0.1, -0.05) is 13.8 Å². The summed E-state index contributed by atoms with van der Waals surface area (Å²) < 4.78 is 0. The third-order valence-corrected chi connectivity index (χ3v) is 2.95. The number of pyridine rings is 1. The van der Waals surface area contributed by atoms with Crippen LogP contribution < -0.4 is 10.2 Å². The number of aromatic nitrogens is 1. The van der Waals surface area contributed by atoms with Crippen LogP contribution in [0.2, 0.25) is 0 Å². The highest BCUT2D eigenvalue weighted by molar-refractivity contribution is 5.48. The lowest BCUT2D eigenvalue weighted by molar-refractivity contribution is 0.565. The molecule has 0 amide bonds. The molecule has 0 saturated carbocycles. The lowest BCUT2D eigenvalue weighted by atomic mass is 10.1. The van der Waals surface area contributed by atoms with Crippen molar-refractivity contribution in [1.29, 1.82) is 0 Å². The van der Waals surface area contributed by atoms with E-state index in [4.69, 9.17) is 0 Å². The molecule has 1 N–H and O–H groups in total. The lowest BCUT2D eigenvalue weighted by Gasteiger charge is -2.31. The van der Waals surface area contributed by atoms with E-state index in [-0.39, 0.29) is 0 Å². The molecule has 0 fully saturated rings. The number of hydrogen-bond donors (Lipinski definition) is 1. The highest BCUT2D eigenvalue weighted by Gasteiger charge is 2.15. The molecule has 0 aromatic carbocycles. The van der Waals surface area contributed by atoms with Gasteiger partial charge in [0.15, 0.2) is 0 Å². The van der Waals surface area contributed by atoms with Crippen molar-refractivity contribution in [2.24, 2.45) is 5.92 Å². The van der Waals surface area contributed by atoms with Gasteiger partial charge >= 0.3 is 0 Å². The van der Waals surface area contributed by atoms with Crippen LogP contribution in [0.25, 0.3) is 0 Å². The fourth-order valence-corrected chi connectivity index (χ4v) is 2.16. The predicted molar refractivity (Wildman–Crippen MR) is 79.1 cm³/mol. The maximum atomic E-state index is 4.66. The molecule has 0 atom stereocenters. The van der Waals surface area contributed by atoms with E-state index in [1.807, 2.05) is 13.2 Å². The number of nitrogens with one attached hydrogen (secondary N) is 1. The second kappa shape index (κ2) is 6.74. The third-order valence-electron chi connectivity index (χ3n) is 2.95. The first-order valence-electron chi connectivity index (χ1n) is 6.82. The number of rotatable bonds is 6. The largest absolute Gasteiger partial charge is 0.354 e. The fraction of sp³-hybridized carbons (Fsp3) is 0.667. The monoisotopic (exact) mass is 249 g/mol. The molecular weight excluding hydrogens is 222 g/mol. The van der Waals surface area contributed by atoms with Gasteiger partial charge in [-0.2, -0.15) is 0 Å². The predicted octanol–water partition coefficient (Wildman–Crippen LogP) is 2.98. The topological polar surface area (TPSA) is 28.2 Å². The minimum atomic E-state index is 0.480. The molecule has 1 aromatic rings. The molecule has 0 bridgehead atoms. The minimum absolute atomic E-state index is 0.480. The Bertz CT molecular complexity index is 372. The molecule has 3 heteroatoms. The van der Waals surface area contributed by atoms with Gasteiger partial charge < -0.3 is 10.2 Å². The summed E-state index contributed by atoms with van der Waals surface area (Å²) in [6.45, 7) is 13.0. The molecule has 1 rings (SSSR count). The first-order valence-corrected chi connectivity index (χ1v) is 6.82. The minimum Gasteiger partial charge on any atom is -0.354 e. The molecule has 0 spiro atoms. The summed E-state index contributed by atoms with van der Waals surface area (Å²) in [7, 11) is 1.96. The van der Waals surface area contributed by atoms with Crippen LogP contribution in [0.1, 0.15) is 38.8 Å². The van der Waals surface area contributed by atoms with Gasteiger partial charge in [0, 0.05) is 25.3 Å². The highest BCUT2D eigenvalue weighted by Crippen LogP contribution is 2.21. The molecule has 1 heterocycles. The van der Waals surface area contributed by atoms with E-state index < -0.39 is 0 Å². The molecule has 0 radical (unpaired) electrons. The van der Waals surface area contributed by atoms with E-state index in [0.29, 0.717) is 12.0 Å². The van der Waals surface area contributed by atoms with Crippen molar-refractivity contribution in [3.05, 3.63) is 23.4 Å². The Hall–Kier alpha value is -1.09. The van der Waals surface area contributed by atoms with Crippen molar-refractivity contribution in [1.82, 2.24) is 10.3 Å². The van der Waals surface area contributed by atoms with Crippen molar-refractivity contribution >= 4 is 5.82 Å². The van der Waals surface area contributed by atoms with Gasteiger partial charge in [0.05, 0.1) is 0 Å². The second-order valence-corrected chi connectivity index (χ2v) is 5.65. The lowest BCUT2D eigenvalue weighted by Crippen LogP contribution is -2.35. The molecule has 0 unspecified atom stereocenters. The normalized spacial score (nSPS) is 11.3. The first kappa shape index (κ1) is 15.0. The summed E-state index contributed by atoms with van der Waals surface area (Å²) >= 11 is 0. The van der Waals surface area contributed by atoms with Crippen LogP contribution in [0.3, 0.4) is 0 Å². The Morgan fingerprint density at radius 3 is 2.39 bits per heavy atom. The summed E-state index contributed by atoms with van der Waals surface area (Å²) in [4.78, 5) is 7.05. The van der Waals surface area contributed by atoms with E-state index in [9.17, 15) is 0 Å². The Kier molecular flexibility index (Phi) is 5.60. The third kappa shape index (κ3) is 3.98. The maximum absolute atomic E-state index is 4.66. The van der Waals surface area contributed by atoms with E-state index in [1.165, 1.54) is 11.1 Å². The quantitative estimate of drug-likeness (QED) is 0.840. The number of aryl methyl sites for hydroxylation is 1. The number of nitrogens with zero attached hydrogens (tertiary/aromatic N) is 2. The van der Waals surface area contributed by atoms with Crippen molar-refractivity contribution in [3.63, 3.8) is 0 Å². The SMILES string of the molecule is CNCc1cnc(N(CC(C)C)C(C)C)c(C)c1. The second-order valence-electron chi connectivity index (χ2n) is 5.65. The summed E-state index contributed by atoms with van der Waals surface area (Å²) in [5, 5.41) is 3.16. The summed E-state index contributed by atoms with van der Waals surface area (Å²) in [5.41, 5.74) is 2.50. The summed E-state index contributed by atoms with van der Waals surface area (Å²) in [6.07, 6.45) is 1.98. The number of anilines is 1. The Morgan fingerprint density at radius 1 is 1.28 bits per heavy atom. The molecule has 0 saturated heterocycles. The summed E-state index contributed by atoms with van der Waals surface area (Å²) in [5.74, 6) is 1.77. The Morgan fingerprint density at radius 2 is 1.94 bits per heavy atom. The van der Waals surface area contributed by atoms with Gasteiger partial charge in [-0.15, -0.1) is 0 Å². The van der Waals surface area contributed by atoms with Gasteiger partial charge in [0.1, 0.15) is 5.82 Å². The Balaban J connectivity index is 2.98. The van der Waals surface area contributed by atoms with Gasteiger partial charge in [-0.25, -0.2) is 4.98 Å². The van der Waals surface area contributed by atoms with Crippen molar-refractivity contribution in [2.75, 3.05) is 18.5 Å². The van der Waals surface area contributed by atoms with Crippen LogP contribution in [0, 0.1) is 12.8 Å². The van der Waals surface area contributed by atoms with Gasteiger partial charge in [-0.05, 0) is 50.9 Å². The van der Waals surface area contributed by atoms with Gasteiger partial charge in [0.2, 0.25) is 0 Å². The fourth-order valence-electron chi connectivity index (χ4n) is 2.16. The Labute approximate surface area is 112 Å². The van der Waals surface area contributed by atoms with Crippen LogP contribution in [0.15, 0.2) is 12.3 Å². The van der Waals surface area contributed by atoms with Crippen LogP contribution in [0.4, 0.5) is 5.82 Å². The zero-order chi connectivity index (χ0) is 13.7. The number of hydrogen-bond acceptors (Lipinski definition) is 3. The highest BCUT2D eigenvalue weighted by atomic mass is 15.2. The van der Waals surface area contributed by atoms with Crippen LogP contribution >= 0.6 is 0 Å². The molecule has 1 aromatic heterocycles. The molecule has 0 aliphatic heterocycles. The van der Waals surface area contributed by atoms with Crippen molar-refractivity contribution in [3.8, 4) is 0 Å². The molecule has 0 aliphatic carbocycles. The standard InChI is InChI=1S/C15H27N3/c1-11(2)10-18(12(3)4)15-13(5)7-14(8-16-6)9-17-15/h7,9,11-12,16H,8,10H2,1-6H3. The van der Waals surface area contributed by atoms with E-state index >= 15 is 0 Å². The summed E-state index contributed by atoms with van der Waals surface area (Å²) in [6, 6.07) is 2.71. The molecule has 18 heavy (non-hydrogen) atoms. The molecular formula is C15H27N3. The van der Waals surface area contributed by atoms with Crippen LogP contribution in [-0.2, 0) is 6.54 Å². The average molecular weight is 249 g/mol. The molecule has 102 valence electrons. The molecule has 3 nitrogen and oxygen atoms in total. The van der Waals surface area contributed by atoms with Crippen molar-refractivity contribution in [2.45, 2.75) is 47.2 Å². The first-order chi connectivity index (χ1) is 8.45. The molecule has 0 aliphatic rings. The van der Waals surface area contributed by atoms with E-state index in [0.717, 1.165) is 18.9 Å². The maximum Gasteiger partial charge on any atom is 0.131 e. The van der Waals surface area contributed by atoms with E-state index in [2.05, 4.69) is 55.9 Å². The van der Waals surface area contributed by atoms with Crippen molar-refractivity contribution < 1.29 is 0 Å². The average Bonchev–Trinajstić information content (AvgIpc) is 2.26. The van der Waals surface area contributed by atoms with Crippen LogP contribution in [0.5, 0.6) is 0 Å². The zero-order valence-electron chi connectivity index (χ0n) is 12.6. The van der Waals surface area contributed by atoms with Gasteiger partial charge in [0.25, 0.3) is 0 Å².